The minimum atomic E-state index is -0.818. The molecule has 2 fully saturated rings. The number of nitrogens with one attached hydrogen (secondary N) is 1. The van der Waals surface area contributed by atoms with Crippen molar-refractivity contribution in [2.45, 2.75) is 32.0 Å². The summed E-state index contributed by atoms with van der Waals surface area (Å²) in [4.78, 5) is 32.2. The minimum absolute atomic E-state index is 0.00812. The van der Waals surface area contributed by atoms with E-state index in [0.717, 1.165) is 30.1 Å². The molecule has 2 unspecified atom stereocenters. The Balaban J connectivity index is 1.16. The van der Waals surface area contributed by atoms with Crippen molar-refractivity contribution >= 4 is 34.9 Å². The van der Waals surface area contributed by atoms with Crippen LogP contribution in [0.2, 0.25) is 5.02 Å². The Morgan fingerprint density at radius 2 is 1.76 bits per heavy atom. The number of anilines is 2. The number of hydrogen-bond donors (Lipinski definition) is 1. The predicted molar refractivity (Wildman–Crippen MR) is 145 cm³/mol. The fourth-order valence-corrected chi connectivity index (χ4v) is 5.89. The number of ether oxygens (including phenoxy) is 1. The number of rotatable bonds is 3. The number of benzene rings is 3. The number of carbonyl (C=O) groups is 2. The van der Waals surface area contributed by atoms with Gasteiger partial charge in [0, 0.05) is 60.1 Å². The van der Waals surface area contributed by atoms with E-state index in [1.165, 1.54) is 5.56 Å². The van der Waals surface area contributed by atoms with Crippen LogP contribution in [0.25, 0.3) is 0 Å². The van der Waals surface area contributed by atoms with E-state index < -0.39 is 5.72 Å². The number of urea groups is 1. The fourth-order valence-electron chi connectivity index (χ4n) is 5.72. The smallest absolute Gasteiger partial charge is 0.325 e. The molecule has 3 aliphatic rings. The van der Waals surface area contributed by atoms with Gasteiger partial charge in [-0.2, -0.15) is 0 Å². The third-order valence-electron chi connectivity index (χ3n) is 7.63. The van der Waals surface area contributed by atoms with Crippen LogP contribution in [0.1, 0.15) is 40.9 Å². The van der Waals surface area contributed by atoms with E-state index in [1.54, 1.807) is 17.0 Å². The van der Waals surface area contributed by atoms with E-state index in [-0.39, 0.29) is 18.0 Å². The average molecular weight is 517 g/mol. The molecule has 0 aromatic heterocycles. The summed E-state index contributed by atoms with van der Waals surface area (Å²) in [6.45, 7) is 6.77. The molecule has 1 N–H and O–H groups in total. The first-order valence-corrected chi connectivity index (χ1v) is 13.0. The Hall–Kier alpha value is -3.71. The first-order chi connectivity index (χ1) is 17.8. The van der Waals surface area contributed by atoms with Crippen LogP contribution in [0.5, 0.6) is 5.75 Å². The maximum atomic E-state index is 13.3. The quantitative estimate of drug-likeness (QED) is 0.507. The Morgan fingerprint density at radius 1 is 1.03 bits per heavy atom. The van der Waals surface area contributed by atoms with E-state index in [0.29, 0.717) is 35.8 Å². The third kappa shape index (κ3) is 4.17. The van der Waals surface area contributed by atoms with Crippen molar-refractivity contribution in [3.8, 4) is 5.75 Å². The van der Waals surface area contributed by atoms with Crippen molar-refractivity contribution in [2.75, 3.05) is 36.0 Å². The Bertz CT molecular complexity index is 1370. The van der Waals surface area contributed by atoms with Crippen LogP contribution >= 0.6 is 11.6 Å². The number of para-hydroxylation sites is 1. The zero-order valence-electron chi connectivity index (χ0n) is 20.9. The van der Waals surface area contributed by atoms with Gasteiger partial charge in [-0.1, -0.05) is 35.9 Å². The van der Waals surface area contributed by atoms with Gasteiger partial charge < -0.3 is 19.9 Å². The highest BCUT2D eigenvalue weighted by Gasteiger charge is 2.49. The summed E-state index contributed by atoms with van der Waals surface area (Å²) in [5.74, 6) is 0.774. The number of fused-ring (bicyclic) bond motifs is 4. The maximum absolute atomic E-state index is 13.3. The normalized spacial score (nSPS) is 22.7. The summed E-state index contributed by atoms with van der Waals surface area (Å²) >= 11 is 6.21. The summed E-state index contributed by atoms with van der Waals surface area (Å²) < 4.78 is 6.34. The van der Waals surface area contributed by atoms with Crippen LogP contribution in [0, 0.1) is 6.92 Å². The van der Waals surface area contributed by atoms with Gasteiger partial charge in [0.15, 0.2) is 5.72 Å². The van der Waals surface area contributed by atoms with Gasteiger partial charge in [-0.25, -0.2) is 4.79 Å². The molecule has 3 aromatic rings. The fraction of sp³-hybridized carbons (Fsp3) is 0.310. The molecule has 0 saturated carbocycles. The lowest BCUT2D eigenvalue weighted by atomic mass is 9.90. The van der Waals surface area contributed by atoms with E-state index in [4.69, 9.17) is 16.3 Å². The molecule has 190 valence electrons. The summed E-state index contributed by atoms with van der Waals surface area (Å²) in [6.07, 6.45) is 0.632. The minimum Gasteiger partial charge on any atom is -0.467 e. The largest absolute Gasteiger partial charge is 0.467 e. The molecular formula is C29H29ClN4O3. The van der Waals surface area contributed by atoms with Crippen LogP contribution < -0.4 is 19.9 Å². The van der Waals surface area contributed by atoms with E-state index in [2.05, 4.69) is 17.1 Å². The van der Waals surface area contributed by atoms with Crippen molar-refractivity contribution in [3.05, 3.63) is 88.4 Å². The molecular weight excluding hydrogens is 488 g/mol. The van der Waals surface area contributed by atoms with E-state index in [1.807, 2.05) is 66.4 Å². The van der Waals surface area contributed by atoms with E-state index in [9.17, 15) is 9.59 Å². The van der Waals surface area contributed by atoms with Gasteiger partial charge >= 0.3 is 6.03 Å². The van der Waals surface area contributed by atoms with Crippen molar-refractivity contribution in [2.24, 2.45) is 0 Å². The second-order valence-electron chi connectivity index (χ2n) is 10.1. The molecule has 0 spiro atoms. The van der Waals surface area contributed by atoms with Crippen molar-refractivity contribution in [1.82, 2.24) is 10.2 Å². The summed E-state index contributed by atoms with van der Waals surface area (Å²) in [6, 6.07) is 20.7. The molecule has 0 aliphatic carbocycles. The second kappa shape index (κ2) is 8.99. The zero-order chi connectivity index (χ0) is 25.7. The van der Waals surface area contributed by atoms with E-state index >= 15 is 0 Å². The highest BCUT2D eigenvalue weighted by Crippen LogP contribution is 2.45. The van der Waals surface area contributed by atoms with Crippen LogP contribution in [-0.4, -0.2) is 48.7 Å². The molecule has 6 rings (SSSR count). The first-order valence-electron chi connectivity index (χ1n) is 12.6. The number of halogens is 1. The van der Waals surface area contributed by atoms with Crippen LogP contribution in [0.3, 0.4) is 0 Å². The van der Waals surface area contributed by atoms with Gasteiger partial charge in [-0.15, -0.1) is 0 Å². The third-order valence-corrected chi connectivity index (χ3v) is 7.87. The predicted octanol–water partition coefficient (Wildman–Crippen LogP) is 5.38. The standard InChI is InChI=1S/C29H29ClN4O3/c1-19-7-10-21(30)17-25(19)32-13-15-33(16-14-32)27(35)20-8-11-22(12-9-20)34-28(36)31-24-18-29(34,2)37-26-6-4-3-5-23(24)26/h3-12,17,24H,13-16,18H2,1-2H3,(H,31,36). The van der Waals surface area contributed by atoms with Gasteiger partial charge in [0.1, 0.15) is 5.75 Å². The molecule has 7 nitrogen and oxygen atoms in total. The number of hydrogen-bond acceptors (Lipinski definition) is 4. The zero-order valence-corrected chi connectivity index (χ0v) is 21.7. The molecule has 3 aromatic carbocycles. The molecule has 0 radical (unpaired) electrons. The Kier molecular flexibility index (Phi) is 5.75. The summed E-state index contributed by atoms with van der Waals surface area (Å²) in [5.41, 5.74) is 3.77. The van der Waals surface area contributed by atoms with Gasteiger partial charge in [0.25, 0.3) is 5.91 Å². The summed E-state index contributed by atoms with van der Waals surface area (Å²) in [5, 5.41) is 3.83. The number of aryl methyl sites for hydroxylation is 1. The average Bonchev–Trinajstić information content (AvgIpc) is 2.90. The Morgan fingerprint density at radius 3 is 2.51 bits per heavy atom. The Labute approximate surface area is 221 Å². The second-order valence-corrected chi connectivity index (χ2v) is 10.5. The lowest BCUT2D eigenvalue weighted by Crippen LogP contribution is -2.65. The van der Waals surface area contributed by atoms with Crippen molar-refractivity contribution < 1.29 is 14.3 Å². The van der Waals surface area contributed by atoms with Gasteiger partial charge in [-0.3, -0.25) is 9.69 Å². The lowest BCUT2D eigenvalue weighted by molar-refractivity contribution is 0.0379. The van der Waals surface area contributed by atoms with Gasteiger partial charge in [0.2, 0.25) is 0 Å². The number of carbonyl (C=O) groups excluding carboxylic acids is 2. The molecule has 2 saturated heterocycles. The number of nitrogens with zero attached hydrogens (tertiary/aromatic N) is 3. The van der Waals surface area contributed by atoms with Crippen LogP contribution in [-0.2, 0) is 0 Å². The number of amides is 3. The van der Waals surface area contributed by atoms with Crippen molar-refractivity contribution in [1.29, 1.82) is 0 Å². The van der Waals surface area contributed by atoms with Gasteiger partial charge in [-0.05, 0) is 61.9 Å². The maximum Gasteiger partial charge on any atom is 0.325 e. The lowest BCUT2D eigenvalue weighted by Gasteiger charge is -2.50. The molecule has 3 aliphatic heterocycles. The highest BCUT2D eigenvalue weighted by molar-refractivity contribution is 6.30. The first kappa shape index (κ1) is 23.7. The monoisotopic (exact) mass is 516 g/mol. The molecule has 37 heavy (non-hydrogen) atoms. The SMILES string of the molecule is Cc1ccc(Cl)cc1N1CCN(C(=O)c2ccc(N3C(=O)NC4CC3(C)Oc3ccccc34)cc2)CC1. The van der Waals surface area contributed by atoms with Crippen molar-refractivity contribution in [3.63, 3.8) is 0 Å². The molecule has 2 bridgehead atoms. The summed E-state index contributed by atoms with van der Waals surface area (Å²) in [7, 11) is 0. The van der Waals surface area contributed by atoms with Gasteiger partial charge in [0.05, 0.1) is 6.04 Å². The number of piperazine rings is 1. The molecule has 3 amide bonds. The van der Waals surface area contributed by atoms with Crippen LogP contribution in [0.4, 0.5) is 16.2 Å². The van der Waals surface area contributed by atoms with Crippen LogP contribution in [0.15, 0.2) is 66.7 Å². The highest BCUT2D eigenvalue weighted by atomic mass is 35.5. The molecule has 3 heterocycles. The topological polar surface area (TPSA) is 65.1 Å². The molecule has 8 heteroatoms. The molecule has 2 atom stereocenters.